The molecular weight excluding hydrogens is 366 g/mol. The number of carbonyl (C=O) groups is 2. The molecule has 1 aliphatic heterocycles. The number of nitrogens with zero attached hydrogens (tertiary/aromatic N) is 1. The third-order valence-electron chi connectivity index (χ3n) is 4.55. The van der Waals surface area contributed by atoms with Gasteiger partial charge in [0.2, 0.25) is 5.91 Å². The molecule has 1 aliphatic rings. The number of benzene rings is 2. The Morgan fingerprint density at radius 2 is 1.96 bits per heavy atom. The van der Waals surface area contributed by atoms with Crippen molar-refractivity contribution in [2.24, 2.45) is 0 Å². The molecule has 2 unspecified atom stereocenters. The quantitative estimate of drug-likeness (QED) is 0.826. The molecule has 0 aliphatic carbocycles. The summed E-state index contributed by atoms with van der Waals surface area (Å²) >= 11 is 6.29. The average Bonchev–Trinajstić information content (AvgIpc) is 2.81. The summed E-state index contributed by atoms with van der Waals surface area (Å²) in [5.74, 6) is 0.0935. The molecule has 0 fully saturated rings. The lowest BCUT2D eigenvalue weighted by Crippen LogP contribution is -2.53. The number of ether oxygens (including phenoxy) is 1. The first-order chi connectivity index (χ1) is 13.0. The van der Waals surface area contributed by atoms with E-state index in [1.165, 1.54) is 0 Å². The van der Waals surface area contributed by atoms with Gasteiger partial charge in [-0.3, -0.25) is 9.59 Å². The standard InChI is InChI=1S/C20H22ClN3O3/c1-13(22-2)19(25)23-16-12-27-18-10-6-5-9-17(18)24(20(16)26)11-14-7-3-4-8-15(14)21/h3-10,13,16,22H,11-12H2,1-2H3,(H,23,25). The summed E-state index contributed by atoms with van der Waals surface area (Å²) in [5.41, 5.74) is 1.47. The average molecular weight is 388 g/mol. The van der Waals surface area contributed by atoms with Gasteiger partial charge in [-0.25, -0.2) is 0 Å². The molecule has 0 radical (unpaired) electrons. The molecular formula is C20H22ClN3O3. The van der Waals surface area contributed by atoms with E-state index in [1.807, 2.05) is 42.5 Å². The van der Waals surface area contributed by atoms with Crippen LogP contribution < -0.4 is 20.3 Å². The molecule has 2 N–H and O–H groups in total. The van der Waals surface area contributed by atoms with Crippen LogP contribution in [-0.4, -0.2) is 37.6 Å². The highest BCUT2D eigenvalue weighted by Crippen LogP contribution is 2.33. The smallest absolute Gasteiger partial charge is 0.253 e. The largest absolute Gasteiger partial charge is 0.489 e. The molecule has 1 heterocycles. The summed E-state index contributed by atoms with van der Waals surface area (Å²) < 4.78 is 5.81. The Morgan fingerprint density at radius 3 is 2.70 bits per heavy atom. The predicted octanol–water partition coefficient (Wildman–Crippen LogP) is 2.36. The number of likely N-dealkylation sites (N-methyl/N-ethyl adjacent to an activating group) is 1. The molecule has 3 rings (SSSR count). The Labute approximate surface area is 163 Å². The molecule has 6 nitrogen and oxygen atoms in total. The second-order valence-corrected chi connectivity index (χ2v) is 6.77. The van der Waals surface area contributed by atoms with Gasteiger partial charge in [-0.1, -0.05) is 41.9 Å². The minimum atomic E-state index is -0.789. The summed E-state index contributed by atoms with van der Waals surface area (Å²) in [7, 11) is 1.69. The Hall–Kier alpha value is -2.57. The van der Waals surface area contributed by atoms with Crippen molar-refractivity contribution in [1.82, 2.24) is 10.6 Å². The van der Waals surface area contributed by atoms with E-state index in [0.717, 1.165) is 5.56 Å². The van der Waals surface area contributed by atoms with Gasteiger partial charge in [0.25, 0.3) is 5.91 Å². The summed E-state index contributed by atoms with van der Waals surface area (Å²) in [6.07, 6.45) is 0. The van der Waals surface area contributed by atoms with E-state index in [9.17, 15) is 9.59 Å². The van der Waals surface area contributed by atoms with Crippen LogP contribution in [0.25, 0.3) is 0 Å². The lowest BCUT2D eigenvalue weighted by Gasteiger charge is -2.26. The number of fused-ring (bicyclic) bond motifs is 1. The van der Waals surface area contributed by atoms with Crippen molar-refractivity contribution in [3.05, 3.63) is 59.1 Å². The molecule has 0 spiro atoms. The Morgan fingerprint density at radius 1 is 1.26 bits per heavy atom. The molecule has 0 aromatic heterocycles. The molecule has 2 aromatic rings. The van der Waals surface area contributed by atoms with Gasteiger partial charge in [-0.05, 0) is 37.7 Å². The fourth-order valence-corrected chi connectivity index (χ4v) is 3.04. The minimum Gasteiger partial charge on any atom is -0.489 e. The van der Waals surface area contributed by atoms with Crippen molar-refractivity contribution in [2.45, 2.75) is 25.6 Å². The van der Waals surface area contributed by atoms with Gasteiger partial charge in [-0.15, -0.1) is 0 Å². The molecule has 2 atom stereocenters. The number of amides is 2. The highest BCUT2D eigenvalue weighted by molar-refractivity contribution is 6.31. The molecule has 0 saturated carbocycles. The van der Waals surface area contributed by atoms with Crippen molar-refractivity contribution >= 4 is 29.1 Å². The van der Waals surface area contributed by atoms with Gasteiger partial charge < -0.3 is 20.3 Å². The maximum atomic E-state index is 13.2. The first-order valence-electron chi connectivity index (χ1n) is 8.75. The van der Waals surface area contributed by atoms with Gasteiger partial charge in [0, 0.05) is 5.02 Å². The van der Waals surface area contributed by atoms with E-state index in [4.69, 9.17) is 16.3 Å². The van der Waals surface area contributed by atoms with E-state index in [2.05, 4.69) is 10.6 Å². The van der Waals surface area contributed by atoms with Gasteiger partial charge >= 0.3 is 0 Å². The van der Waals surface area contributed by atoms with Crippen LogP contribution in [-0.2, 0) is 16.1 Å². The molecule has 2 amide bonds. The van der Waals surface area contributed by atoms with Crippen LogP contribution in [0.5, 0.6) is 5.75 Å². The van der Waals surface area contributed by atoms with Crippen LogP contribution in [0, 0.1) is 0 Å². The number of nitrogens with one attached hydrogen (secondary N) is 2. The van der Waals surface area contributed by atoms with E-state index in [0.29, 0.717) is 16.5 Å². The number of para-hydroxylation sites is 2. The normalized spacial score (nSPS) is 17.5. The zero-order chi connectivity index (χ0) is 19.4. The van der Waals surface area contributed by atoms with Crippen LogP contribution in [0.3, 0.4) is 0 Å². The zero-order valence-corrected chi connectivity index (χ0v) is 16.0. The van der Waals surface area contributed by atoms with Crippen LogP contribution in [0.4, 0.5) is 5.69 Å². The Kier molecular flexibility index (Phi) is 5.98. The SMILES string of the molecule is CNC(C)C(=O)NC1COc2ccccc2N(Cc2ccccc2Cl)C1=O. The van der Waals surface area contributed by atoms with Gasteiger partial charge in [0.1, 0.15) is 18.4 Å². The van der Waals surface area contributed by atoms with Crippen LogP contribution >= 0.6 is 11.6 Å². The molecule has 142 valence electrons. The van der Waals surface area contributed by atoms with Crippen LogP contribution in [0.2, 0.25) is 5.02 Å². The summed E-state index contributed by atoms with van der Waals surface area (Å²) in [6, 6.07) is 13.5. The summed E-state index contributed by atoms with van der Waals surface area (Å²) in [4.78, 5) is 27.1. The first-order valence-corrected chi connectivity index (χ1v) is 9.13. The van der Waals surface area contributed by atoms with Gasteiger partial charge in [0.05, 0.1) is 18.3 Å². The number of anilines is 1. The molecule has 0 saturated heterocycles. The highest BCUT2D eigenvalue weighted by atomic mass is 35.5. The maximum absolute atomic E-state index is 13.2. The summed E-state index contributed by atoms with van der Waals surface area (Å²) in [6.45, 7) is 2.08. The van der Waals surface area contributed by atoms with E-state index >= 15 is 0 Å². The van der Waals surface area contributed by atoms with Crippen molar-refractivity contribution < 1.29 is 14.3 Å². The number of hydrogen-bond donors (Lipinski definition) is 2. The van der Waals surface area contributed by atoms with Crippen molar-refractivity contribution in [1.29, 1.82) is 0 Å². The lowest BCUT2D eigenvalue weighted by atomic mass is 10.1. The molecule has 7 heteroatoms. The van der Waals surface area contributed by atoms with Crippen LogP contribution in [0.15, 0.2) is 48.5 Å². The Bertz CT molecular complexity index is 843. The van der Waals surface area contributed by atoms with E-state index in [-0.39, 0.29) is 25.0 Å². The van der Waals surface area contributed by atoms with Gasteiger partial charge in [-0.2, -0.15) is 0 Å². The molecule has 0 bridgehead atoms. The number of hydrogen-bond acceptors (Lipinski definition) is 4. The monoisotopic (exact) mass is 387 g/mol. The molecule has 27 heavy (non-hydrogen) atoms. The second kappa shape index (κ2) is 8.41. The lowest BCUT2D eigenvalue weighted by molar-refractivity contribution is -0.129. The maximum Gasteiger partial charge on any atom is 0.253 e. The van der Waals surface area contributed by atoms with Crippen molar-refractivity contribution in [3.63, 3.8) is 0 Å². The van der Waals surface area contributed by atoms with E-state index < -0.39 is 12.1 Å². The predicted molar refractivity (Wildman–Crippen MR) is 105 cm³/mol. The highest BCUT2D eigenvalue weighted by Gasteiger charge is 2.33. The first kappa shape index (κ1) is 19.2. The summed E-state index contributed by atoms with van der Waals surface area (Å²) in [5, 5.41) is 6.22. The fourth-order valence-electron chi connectivity index (χ4n) is 2.84. The second-order valence-electron chi connectivity index (χ2n) is 6.37. The fraction of sp³-hybridized carbons (Fsp3) is 0.300. The number of rotatable bonds is 5. The topological polar surface area (TPSA) is 70.7 Å². The van der Waals surface area contributed by atoms with E-state index in [1.54, 1.807) is 24.9 Å². The zero-order valence-electron chi connectivity index (χ0n) is 15.2. The number of halogens is 1. The van der Waals surface area contributed by atoms with Crippen LogP contribution in [0.1, 0.15) is 12.5 Å². The van der Waals surface area contributed by atoms with Gasteiger partial charge in [0.15, 0.2) is 0 Å². The van der Waals surface area contributed by atoms with Crippen molar-refractivity contribution in [2.75, 3.05) is 18.6 Å². The van der Waals surface area contributed by atoms with Crippen molar-refractivity contribution in [3.8, 4) is 5.75 Å². The minimum absolute atomic E-state index is 0.0665. The Balaban J connectivity index is 1.92. The number of carbonyl (C=O) groups excluding carboxylic acids is 2. The third kappa shape index (κ3) is 4.23. The molecule has 2 aromatic carbocycles. The third-order valence-corrected chi connectivity index (χ3v) is 4.92.